The Hall–Kier alpha value is -13.6. The molecule has 0 amide bonds. The molecule has 0 saturated carbocycles. The Labute approximate surface area is 643 Å². The average molecular weight is 1580 g/mol. The van der Waals surface area contributed by atoms with Crippen LogP contribution in [0.3, 0.4) is 0 Å². The van der Waals surface area contributed by atoms with Crippen molar-refractivity contribution in [3.63, 3.8) is 0 Å². The zero-order valence-corrected chi connectivity index (χ0v) is 61.5. The molecular formula is C99H66F2IrN7-. The maximum atomic E-state index is 13.4. The topological polar surface area (TPSA) is 66.3 Å². The third kappa shape index (κ3) is 13.6. The van der Waals surface area contributed by atoms with E-state index in [4.69, 9.17) is 0 Å². The minimum atomic E-state index is -0.645. The van der Waals surface area contributed by atoms with E-state index in [1.54, 1.807) is 12.3 Å². The number of benzene rings is 13. The van der Waals surface area contributed by atoms with Crippen molar-refractivity contribution in [3.05, 3.63) is 406 Å². The zero-order chi connectivity index (χ0) is 72.4. The molecule has 7 aromatic heterocycles. The molecule has 0 aliphatic rings. The number of nitrogens with zero attached hydrogens (tertiary/aromatic N) is 7. The first kappa shape index (κ1) is 68.5. The summed E-state index contributed by atoms with van der Waals surface area (Å²) in [7, 11) is 0. The molecule has 20 aromatic rings. The van der Waals surface area contributed by atoms with Gasteiger partial charge < -0.3 is 18.7 Å². The first-order valence-electron chi connectivity index (χ1n) is 36.0. The Balaban J connectivity index is 0.000000135. The Morgan fingerprint density at radius 1 is 0.266 bits per heavy atom. The molecule has 1 radical (unpaired) electrons. The number of hydrogen-bond donors (Lipinski definition) is 0. The molecule has 10 heteroatoms. The molecule has 7 nitrogen and oxygen atoms in total. The third-order valence-electron chi connectivity index (χ3n) is 20.2. The maximum absolute atomic E-state index is 13.4. The standard InChI is InChI=1S/C48H31N3.C39H27N3.C12H8F2N.Ir/c1-7-19-43-37(13-1)38-14-2-8-20-44(38)49(43)34-27-25-32(26-28-34)33-29-35(50-45-21-9-3-15-39(45)40-16-4-10-22-46(40)50)31-36(30-33)51-47-23-11-5-17-41(47)42-18-6-12-24-48(42)51;1-7-28(34-13-4-16-40-25-34)19-31(10-1)37-22-38(32-11-2-8-29(20-32)35-14-5-17-41-26-35)24-39(23-37)33-12-3-9-30(21-33)36-15-6-18-42-27-36;1-8-4-5-15-12(6-8)10-3-2-9(13)7-11(10)14;/h1-31H;1-27H;2,4-7H,1H3;/q;;-1;. The molecule has 0 unspecified atom stereocenters. The van der Waals surface area contributed by atoms with Gasteiger partial charge in [0.1, 0.15) is 0 Å². The van der Waals surface area contributed by atoms with Crippen molar-refractivity contribution in [1.29, 1.82) is 0 Å². The molecule has 0 aliphatic heterocycles. The normalized spacial score (nSPS) is 11.2. The van der Waals surface area contributed by atoms with Crippen LogP contribution in [0.2, 0.25) is 0 Å². The molecule has 0 spiro atoms. The van der Waals surface area contributed by atoms with Crippen molar-refractivity contribution in [2.24, 2.45) is 0 Å². The van der Waals surface area contributed by atoms with E-state index in [-0.39, 0.29) is 25.7 Å². The number of para-hydroxylation sites is 6. The van der Waals surface area contributed by atoms with Gasteiger partial charge in [0.2, 0.25) is 0 Å². The molecule has 0 bridgehead atoms. The van der Waals surface area contributed by atoms with Gasteiger partial charge in [-0.3, -0.25) is 23.7 Å². The van der Waals surface area contributed by atoms with Crippen molar-refractivity contribution in [2.45, 2.75) is 6.92 Å². The fraction of sp³-hybridized carbons (Fsp3) is 0.0101. The summed E-state index contributed by atoms with van der Waals surface area (Å²) in [4.78, 5) is 17.0. The van der Waals surface area contributed by atoms with Gasteiger partial charge in [0.15, 0.2) is 0 Å². The number of aryl methyl sites for hydroxylation is 1. The van der Waals surface area contributed by atoms with Crippen LogP contribution in [0.15, 0.2) is 383 Å². The van der Waals surface area contributed by atoms with Gasteiger partial charge in [-0.1, -0.05) is 217 Å². The van der Waals surface area contributed by atoms with E-state index in [9.17, 15) is 8.78 Å². The largest absolute Gasteiger partial charge is 0.309 e. The van der Waals surface area contributed by atoms with Crippen LogP contribution in [0.1, 0.15) is 5.56 Å². The quantitative estimate of drug-likeness (QED) is 0.121. The van der Waals surface area contributed by atoms with Crippen molar-refractivity contribution in [1.82, 2.24) is 33.6 Å². The van der Waals surface area contributed by atoms with Gasteiger partial charge in [-0.15, -0.1) is 12.1 Å². The molecule has 20 rings (SSSR count). The Bertz CT molecular complexity index is 6190. The van der Waals surface area contributed by atoms with Crippen LogP contribution in [-0.2, 0) is 20.1 Å². The summed E-state index contributed by atoms with van der Waals surface area (Å²) in [6.45, 7) is 1.88. The van der Waals surface area contributed by atoms with Crippen LogP contribution in [0.5, 0.6) is 0 Å². The van der Waals surface area contributed by atoms with E-state index >= 15 is 0 Å². The van der Waals surface area contributed by atoms with Gasteiger partial charge in [-0.25, -0.2) is 0 Å². The predicted octanol–water partition coefficient (Wildman–Crippen LogP) is 25.7. The Morgan fingerprint density at radius 3 is 0.927 bits per heavy atom. The number of rotatable bonds is 11. The van der Waals surface area contributed by atoms with Crippen LogP contribution in [0.25, 0.3) is 172 Å². The van der Waals surface area contributed by atoms with Crippen molar-refractivity contribution < 1.29 is 28.9 Å². The Morgan fingerprint density at radius 2 is 0.587 bits per heavy atom. The van der Waals surface area contributed by atoms with Crippen LogP contribution < -0.4 is 0 Å². The molecule has 13 aromatic carbocycles. The molecule has 0 saturated heterocycles. The fourth-order valence-electron chi connectivity index (χ4n) is 15.1. The van der Waals surface area contributed by atoms with Gasteiger partial charge in [0, 0.05) is 141 Å². The predicted molar refractivity (Wildman–Crippen MR) is 441 cm³/mol. The summed E-state index contributed by atoms with van der Waals surface area (Å²) in [6.07, 6.45) is 12.7. The number of fused-ring (bicyclic) bond motifs is 9. The van der Waals surface area contributed by atoms with Gasteiger partial charge in [-0.2, -0.15) is 0 Å². The monoisotopic (exact) mass is 1580 g/mol. The van der Waals surface area contributed by atoms with Crippen molar-refractivity contribution in [2.75, 3.05) is 0 Å². The first-order valence-corrected chi connectivity index (χ1v) is 36.0. The minimum Gasteiger partial charge on any atom is -0.309 e. The summed E-state index contributed by atoms with van der Waals surface area (Å²) >= 11 is 0. The summed E-state index contributed by atoms with van der Waals surface area (Å²) in [5, 5.41) is 7.57. The van der Waals surface area contributed by atoms with Crippen molar-refractivity contribution in [3.8, 4) is 106 Å². The molecule has 109 heavy (non-hydrogen) atoms. The van der Waals surface area contributed by atoms with E-state index in [0.717, 1.165) is 102 Å². The number of pyridine rings is 4. The van der Waals surface area contributed by atoms with Crippen molar-refractivity contribution >= 4 is 65.4 Å². The number of halogens is 2. The number of hydrogen-bond acceptors (Lipinski definition) is 4. The fourth-order valence-corrected chi connectivity index (χ4v) is 15.1. The SMILES string of the molecule is Cc1ccnc(-c2[c-]cc(F)cc2F)c1.[Ir].c1ccc2c(c1)c1ccccc1n2-c1ccc(-c2cc(-n3c4ccccc4c4ccccc43)cc(-n3c4ccccc4c4ccccc43)c2)cc1.c1cncc(-c2cccc(-c3cc(-c4cccc(-c5cccnc5)c4)cc(-c4cccc(-c5cccnc5)c4)c3)c2)c1. The molecule has 0 atom stereocenters. The Kier molecular flexibility index (Phi) is 18.9. The van der Waals surface area contributed by atoms with Crippen LogP contribution in [0, 0.1) is 24.6 Å². The molecule has 521 valence electrons. The van der Waals surface area contributed by atoms with Gasteiger partial charge in [0.25, 0.3) is 0 Å². The van der Waals surface area contributed by atoms with E-state index in [0.29, 0.717) is 5.69 Å². The summed E-state index contributed by atoms with van der Waals surface area (Å²) in [5.41, 5.74) is 28.3. The molecule has 7 heterocycles. The molecule has 0 fully saturated rings. The average Bonchev–Trinajstić information content (AvgIpc) is 1.60. The summed E-state index contributed by atoms with van der Waals surface area (Å²) in [6, 6.07) is 122. The summed E-state index contributed by atoms with van der Waals surface area (Å²) in [5.74, 6) is -1.28. The molecular weight excluding hydrogens is 1520 g/mol. The van der Waals surface area contributed by atoms with Gasteiger partial charge in [-0.05, 0) is 201 Å². The minimum absolute atomic E-state index is 0. The van der Waals surface area contributed by atoms with E-state index in [2.05, 4.69) is 337 Å². The first-order chi connectivity index (χ1) is 53.3. The van der Waals surface area contributed by atoms with E-state index in [1.165, 1.54) is 76.5 Å². The van der Waals surface area contributed by atoms with Crippen LogP contribution in [-0.4, -0.2) is 33.6 Å². The second kappa shape index (κ2) is 30.1. The van der Waals surface area contributed by atoms with E-state index in [1.807, 2.05) is 68.4 Å². The third-order valence-corrected chi connectivity index (χ3v) is 20.2. The second-order valence-electron chi connectivity index (χ2n) is 26.9. The van der Waals surface area contributed by atoms with Crippen LogP contribution >= 0.6 is 0 Å². The smallest absolute Gasteiger partial charge is 0.0541 e. The number of aromatic nitrogens is 7. The van der Waals surface area contributed by atoms with Gasteiger partial charge >= 0.3 is 0 Å². The van der Waals surface area contributed by atoms with E-state index < -0.39 is 11.6 Å². The summed E-state index contributed by atoms with van der Waals surface area (Å²) < 4.78 is 33.2. The molecule has 0 N–H and O–H groups in total. The second-order valence-corrected chi connectivity index (χ2v) is 26.9. The molecule has 0 aliphatic carbocycles. The maximum Gasteiger partial charge on any atom is 0.0541 e. The van der Waals surface area contributed by atoms with Crippen LogP contribution in [0.4, 0.5) is 8.78 Å². The zero-order valence-electron chi connectivity index (χ0n) is 59.1. The van der Waals surface area contributed by atoms with Gasteiger partial charge in [0.05, 0.1) is 33.1 Å².